The molecule has 6 nitrogen and oxygen atoms in total. The van der Waals surface area contributed by atoms with Crippen molar-refractivity contribution in [2.45, 2.75) is 30.5 Å². The van der Waals surface area contributed by atoms with Gasteiger partial charge < -0.3 is 4.90 Å². The van der Waals surface area contributed by atoms with Crippen LogP contribution < -0.4 is 0 Å². The number of hydrogen-bond donors (Lipinski definition) is 0. The zero-order valence-electron chi connectivity index (χ0n) is 13.9. The number of thioether (sulfide) groups is 1. The second-order valence-corrected chi connectivity index (χ2v) is 6.84. The molecule has 2 aromatic rings. The molecule has 130 valence electrons. The van der Waals surface area contributed by atoms with Crippen molar-refractivity contribution in [3.63, 3.8) is 0 Å². The van der Waals surface area contributed by atoms with Gasteiger partial charge in [0.25, 0.3) is 0 Å². The van der Waals surface area contributed by atoms with E-state index in [-0.39, 0.29) is 23.5 Å². The second-order valence-electron chi connectivity index (χ2n) is 5.90. The lowest BCUT2D eigenvalue weighted by Crippen LogP contribution is -2.29. The third-order valence-electron chi connectivity index (χ3n) is 4.00. The Morgan fingerprint density at radius 3 is 2.88 bits per heavy atom. The van der Waals surface area contributed by atoms with E-state index in [1.807, 2.05) is 10.6 Å². The average Bonchev–Trinajstić information content (AvgIpc) is 3.37. The average molecular weight is 359 g/mol. The molecule has 1 aromatic carbocycles. The quantitative estimate of drug-likeness (QED) is 0.711. The highest BCUT2D eigenvalue weighted by atomic mass is 32.2. The molecule has 25 heavy (non-hydrogen) atoms. The Kier molecular flexibility index (Phi) is 5.34. The molecule has 1 fully saturated rings. The fraction of sp³-hybridized carbons (Fsp3) is 0.412. The molecule has 1 aliphatic carbocycles. The van der Waals surface area contributed by atoms with Gasteiger partial charge in [0.05, 0.1) is 23.8 Å². The highest BCUT2D eigenvalue weighted by Crippen LogP contribution is 2.41. The molecule has 0 atom stereocenters. The van der Waals surface area contributed by atoms with Crippen LogP contribution in [0.2, 0.25) is 0 Å². The Morgan fingerprint density at radius 2 is 2.20 bits per heavy atom. The maximum atomic E-state index is 14.1. The van der Waals surface area contributed by atoms with Crippen molar-refractivity contribution in [3.05, 3.63) is 30.1 Å². The van der Waals surface area contributed by atoms with Crippen LogP contribution in [-0.2, 0) is 4.79 Å². The second kappa shape index (κ2) is 7.66. The van der Waals surface area contributed by atoms with Gasteiger partial charge in [-0.1, -0.05) is 23.9 Å². The lowest BCUT2D eigenvalue weighted by atomic mass is 10.2. The van der Waals surface area contributed by atoms with Crippen molar-refractivity contribution in [1.29, 1.82) is 5.26 Å². The molecule has 1 saturated carbocycles. The molecule has 0 spiro atoms. The minimum absolute atomic E-state index is 0.0713. The summed E-state index contributed by atoms with van der Waals surface area (Å²) >= 11 is 1.30. The molecule has 1 aromatic heterocycles. The van der Waals surface area contributed by atoms with E-state index in [2.05, 4.69) is 10.2 Å². The highest BCUT2D eigenvalue weighted by Gasteiger charge is 2.31. The molecule has 1 heterocycles. The minimum Gasteiger partial charge on any atom is -0.344 e. The molecule has 0 aliphatic heterocycles. The molecule has 0 unspecified atom stereocenters. The van der Waals surface area contributed by atoms with Crippen molar-refractivity contribution in [2.24, 2.45) is 0 Å². The van der Waals surface area contributed by atoms with Crippen molar-refractivity contribution >= 4 is 17.7 Å². The zero-order valence-corrected chi connectivity index (χ0v) is 14.7. The minimum atomic E-state index is -0.333. The number of halogens is 1. The highest BCUT2D eigenvalue weighted by molar-refractivity contribution is 7.99. The van der Waals surface area contributed by atoms with Gasteiger partial charge in [0, 0.05) is 19.6 Å². The number of aromatic nitrogens is 3. The van der Waals surface area contributed by atoms with Crippen molar-refractivity contribution in [1.82, 2.24) is 19.7 Å². The summed E-state index contributed by atoms with van der Waals surface area (Å²) < 4.78 is 16.0. The Hall–Kier alpha value is -2.40. The van der Waals surface area contributed by atoms with Gasteiger partial charge in [0.15, 0.2) is 11.0 Å². The van der Waals surface area contributed by atoms with Crippen molar-refractivity contribution in [2.75, 3.05) is 19.3 Å². The van der Waals surface area contributed by atoms with Gasteiger partial charge in [-0.2, -0.15) is 5.26 Å². The lowest BCUT2D eigenvalue weighted by Gasteiger charge is -2.15. The van der Waals surface area contributed by atoms with Gasteiger partial charge in [-0.15, -0.1) is 10.2 Å². The summed E-state index contributed by atoms with van der Waals surface area (Å²) in [6, 6.07) is 8.79. The van der Waals surface area contributed by atoms with E-state index < -0.39 is 0 Å². The Bertz CT molecular complexity index is 812. The van der Waals surface area contributed by atoms with E-state index in [1.165, 1.54) is 22.7 Å². The van der Waals surface area contributed by atoms with Gasteiger partial charge in [-0.3, -0.25) is 9.36 Å². The number of nitrogens with zero attached hydrogens (tertiary/aromatic N) is 5. The van der Waals surface area contributed by atoms with Crippen LogP contribution in [0.4, 0.5) is 4.39 Å². The molecular formula is C17H18FN5OS. The molecular weight excluding hydrogens is 341 g/mol. The van der Waals surface area contributed by atoms with Crippen molar-refractivity contribution < 1.29 is 9.18 Å². The normalized spacial score (nSPS) is 13.5. The lowest BCUT2D eigenvalue weighted by molar-refractivity contribution is -0.127. The van der Waals surface area contributed by atoms with Crippen LogP contribution in [0.25, 0.3) is 11.4 Å². The number of rotatable bonds is 7. The molecule has 0 radical (unpaired) electrons. The third kappa shape index (κ3) is 3.99. The molecule has 8 heteroatoms. The van der Waals surface area contributed by atoms with Crippen LogP contribution in [0, 0.1) is 17.1 Å². The maximum absolute atomic E-state index is 14.1. The molecule has 0 N–H and O–H groups in total. The van der Waals surface area contributed by atoms with Crippen LogP contribution in [-0.4, -0.2) is 44.9 Å². The first-order chi connectivity index (χ1) is 12.1. The number of benzene rings is 1. The van der Waals surface area contributed by atoms with Gasteiger partial charge in [-0.05, 0) is 25.0 Å². The fourth-order valence-corrected chi connectivity index (χ4v) is 3.39. The Balaban J connectivity index is 1.76. The molecule has 1 amide bonds. The summed E-state index contributed by atoms with van der Waals surface area (Å²) in [5, 5.41) is 17.6. The van der Waals surface area contributed by atoms with Crippen LogP contribution in [0.5, 0.6) is 0 Å². The summed E-state index contributed by atoms with van der Waals surface area (Å²) in [5.74, 6) is 0.316. The summed E-state index contributed by atoms with van der Waals surface area (Å²) in [6.45, 7) is 0.408. The van der Waals surface area contributed by atoms with Crippen molar-refractivity contribution in [3.8, 4) is 17.5 Å². The van der Waals surface area contributed by atoms with Crippen LogP contribution in [0.15, 0.2) is 29.4 Å². The Morgan fingerprint density at radius 1 is 1.44 bits per heavy atom. The summed E-state index contributed by atoms with van der Waals surface area (Å²) in [6.07, 6.45) is 2.31. The predicted octanol–water partition coefficient (Wildman–Crippen LogP) is 2.88. The van der Waals surface area contributed by atoms with E-state index >= 15 is 0 Å². The monoisotopic (exact) mass is 359 g/mol. The standard InChI is InChI=1S/C17H18FN5OS/c1-22(10-4-9-19)15(24)11-25-17-21-20-16(23(17)12-7-8-12)13-5-2-3-6-14(13)18/h2-3,5-6,12H,4,7-8,10-11H2,1H3. The maximum Gasteiger partial charge on any atom is 0.232 e. The number of carbonyl (C=O) groups excluding carboxylic acids is 1. The number of carbonyl (C=O) groups is 1. The fourth-order valence-electron chi connectivity index (χ4n) is 2.44. The summed E-state index contributed by atoms with van der Waals surface area (Å²) in [7, 11) is 1.68. The van der Waals surface area contributed by atoms with E-state index in [0.717, 1.165) is 12.8 Å². The SMILES string of the molecule is CN(CCC#N)C(=O)CSc1nnc(-c2ccccc2F)n1C1CC1. The van der Waals surface area contributed by atoms with Crippen LogP contribution in [0.1, 0.15) is 25.3 Å². The summed E-state index contributed by atoms with van der Waals surface area (Å²) in [5.41, 5.74) is 0.422. The van der Waals surface area contributed by atoms with E-state index in [9.17, 15) is 9.18 Å². The van der Waals surface area contributed by atoms with Gasteiger partial charge in [0.2, 0.25) is 5.91 Å². The smallest absolute Gasteiger partial charge is 0.232 e. The van der Waals surface area contributed by atoms with E-state index in [4.69, 9.17) is 5.26 Å². The van der Waals surface area contributed by atoms with E-state index in [1.54, 1.807) is 25.2 Å². The zero-order chi connectivity index (χ0) is 17.8. The van der Waals surface area contributed by atoms with Crippen LogP contribution >= 0.6 is 11.8 Å². The molecule has 0 bridgehead atoms. The number of hydrogen-bond acceptors (Lipinski definition) is 5. The predicted molar refractivity (Wildman–Crippen MR) is 92.3 cm³/mol. The molecule has 1 aliphatic rings. The molecule has 3 rings (SSSR count). The van der Waals surface area contributed by atoms with Gasteiger partial charge in [-0.25, -0.2) is 4.39 Å². The largest absolute Gasteiger partial charge is 0.344 e. The third-order valence-corrected chi connectivity index (χ3v) is 4.93. The van der Waals surface area contributed by atoms with E-state index in [0.29, 0.717) is 29.5 Å². The number of amides is 1. The first-order valence-electron chi connectivity index (χ1n) is 8.05. The first-order valence-corrected chi connectivity index (χ1v) is 9.04. The first kappa shape index (κ1) is 17.4. The topological polar surface area (TPSA) is 74.8 Å². The molecule has 0 saturated heterocycles. The number of nitriles is 1. The van der Waals surface area contributed by atoms with Gasteiger partial charge in [0.1, 0.15) is 5.82 Å². The van der Waals surface area contributed by atoms with Crippen LogP contribution in [0.3, 0.4) is 0 Å². The summed E-state index contributed by atoms with van der Waals surface area (Å²) in [4.78, 5) is 13.7. The Labute approximate surface area is 149 Å². The van der Waals surface area contributed by atoms with Gasteiger partial charge >= 0.3 is 0 Å².